The predicted octanol–water partition coefficient (Wildman–Crippen LogP) is -5.72. The van der Waals surface area contributed by atoms with Crippen LogP contribution in [0.1, 0.15) is 19.1 Å². The number of carbonyl (C=O) groups excluding carboxylic acids is 2. The fraction of sp³-hybridized carbons (Fsp3) is 0.550. The van der Waals surface area contributed by atoms with Crippen LogP contribution in [0, 0.1) is 0 Å². The highest BCUT2D eigenvalue weighted by atomic mass is 32.1. The Balaban J connectivity index is 0.000000834. The number of carboxylic acid groups (broad SMARTS) is 2. The number of aliphatic hydroxyl groups is 2. The molecule has 0 aromatic carbocycles. The van der Waals surface area contributed by atoms with Gasteiger partial charge < -0.3 is 68.0 Å². The van der Waals surface area contributed by atoms with Gasteiger partial charge in [0.25, 0.3) is 0 Å². The van der Waals surface area contributed by atoms with Gasteiger partial charge >= 0.3 is 19.8 Å². The average molecular weight is 691 g/mol. The average Bonchev–Trinajstić information content (AvgIpc) is 3.48. The molecule has 2 aromatic heterocycles. The van der Waals surface area contributed by atoms with Crippen LogP contribution in [0.25, 0.3) is 11.2 Å². The number of aliphatic carboxylic acids is 2. The van der Waals surface area contributed by atoms with Gasteiger partial charge in [0.15, 0.2) is 17.7 Å². The number of aromatic nitrogens is 4. The molecule has 0 radical (unpaired) electrons. The van der Waals surface area contributed by atoms with Crippen LogP contribution in [-0.4, -0.2) is 134 Å². The van der Waals surface area contributed by atoms with E-state index >= 15 is 0 Å². The van der Waals surface area contributed by atoms with Crippen LogP contribution in [0.15, 0.2) is 12.7 Å². The van der Waals surface area contributed by atoms with Crippen molar-refractivity contribution in [3.8, 4) is 0 Å². The number of imidazole rings is 1. The molecule has 45 heavy (non-hydrogen) atoms. The van der Waals surface area contributed by atoms with E-state index in [0.717, 1.165) is 0 Å². The van der Waals surface area contributed by atoms with Gasteiger partial charge in [-0.3, -0.25) is 28.3 Å². The number of nitrogens with one attached hydrogen (secondary N) is 2. The van der Waals surface area contributed by atoms with Crippen LogP contribution in [0.4, 0.5) is 5.82 Å². The summed E-state index contributed by atoms with van der Waals surface area (Å²) in [5, 5.41) is 41.3. The second kappa shape index (κ2) is 18.4. The minimum atomic E-state index is -4.72. The van der Waals surface area contributed by atoms with Crippen molar-refractivity contribution in [3.63, 3.8) is 0 Å². The lowest BCUT2D eigenvalue weighted by Gasteiger charge is -2.18. The molecule has 1 fully saturated rings. The van der Waals surface area contributed by atoms with Crippen molar-refractivity contribution >= 4 is 61.2 Å². The molecule has 0 saturated carbocycles. The Morgan fingerprint density at radius 2 is 1.73 bits per heavy atom. The van der Waals surface area contributed by atoms with Crippen LogP contribution in [0.3, 0.4) is 0 Å². The van der Waals surface area contributed by atoms with E-state index in [0.29, 0.717) is 5.52 Å². The topological polar surface area (TPSA) is 408 Å². The van der Waals surface area contributed by atoms with E-state index in [9.17, 15) is 34.0 Å². The first-order chi connectivity index (χ1) is 20.0. The molecule has 3 rings (SSSR count). The molecular weight excluding hydrogens is 655 g/mol. The Labute approximate surface area is 258 Å². The van der Waals surface area contributed by atoms with Gasteiger partial charge in [-0.1, -0.05) is 0 Å². The number of aliphatic hydroxyl groups excluding tert-OH is 2. The lowest BCUT2D eigenvalue weighted by molar-refractivity contribution is -0.138. The van der Waals surface area contributed by atoms with Gasteiger partial charge in [-0.25, -0.2) is 19.5 Å². The molecule has 0 unspecified atom stereocenters. The summed E-state index contributed by atoms with van der Waals surface area (Å²) in [6.45, 7) is -1.17. The van der Waals surface area contributed by atoms with E-state index in [-0.39, 0.29) is 41.0 Å². The largest absolute Gasteiger partial charge is 0.481 e. The first-order valence-electron chi connectivity index (χ1n) is 12.1. The van der Waals surface area contributed by atoms with Gasteiger partial charge in [0, 0.05) is 12.2 Å². The molecular formula is C20H35N8O15PS. The lowest BCUT2D eigenvalue weighted by atomic mass is 10.1. The molecule has 16 N–H and O–H groups in total. The van der Waals surface area contributed by atoms with Gasteiger partial charge in [0.05, 0.1) is 19.0 Å². The summed E-state index contributed by atoms with van der Waals surface area (Å²) in [6, 6.07) is -2.11. The highest BCUT2D eigenvalue weighted by molar-refractivity contribution is 7.80. The molecule has 1 aliphatic heterocycles. The number of carbonyl (C=O) groups is 4. The number of anilines is 1. The maximum atomic E-state index is 11.6. The number of amides is 2. The molecule has 1 saturated heterocycles. The fourth-order valence-corrected chi connectivity index (χ4v) is 4.09. The van der Waals surface area contributed by atoms with Crippen molar-refractivity contribution < 1.29 is 74.2 Å². The van der Waals surface area contributed by atoms with Crippen molar-refractivity contribution in [3.05, 3.63) is 12.7 Å². The highest BCUT2D eigenvalue weighted by Crippen LogP contribution is 2.38. The van der Waals surface area contributed by atoms with Crippen LogP contribution < -0.4 is 22.1 Å². The standard InChI is InChI=1S/C10H14N5O7P.C10H17N3O6S.2H2O/c11-8-5-9(13-2-12-8)15(3-14-5)10-7(17)6(16)4(22-10)1-21-23(18,19)20;11-5(1-2-7(14)15)9(18)13-6(4-20)10(19)12-3-8(16)17;;/h2-4,6-7,10,16-17H,1H2,(H2,11,12,13)(H2,18,19,20);5-6,20H,1-4,11H2,(H,12,19)(H,13,18)(H,14,15)(H,16,17);2*1H2/t4-,6-,7-,10-;5-,6-;;/m10../s1. The number of nitrogens with two attached hydrogens (primary N) is 2. The molecule has 23 nitrogen and oxygen atoms in total. The third-order valence-electron chi connectivity index (χ3n) is 5.64. The Kier molecular flexibility index (Phi) is 17.0. The first-order valence-corrected chi connectivity index (χ1v) is 14.2. The maximum Gasteiger partial charge on any atom is 0.469 e. The molecule has 6 atom stereocenters. The summed E-state index contributed by atoms with van der Waals surface area (Å²) in [5.74, 6) is -3.62. The monoisotopic (exact) mass is 690 g/mol. The van der Waals surface area contributed by atoms with E-state index in [1.54, 1.807) is 0 Å². The van der Waals surface area contributed by atoms with Gasteiger partial charge in [0.1, 0.15) is 42.7 Å². The highest BCUT2D eigenvalue weighted by Gasteiger charge is 2.45. The number of nitrogen functional groups attached to an aromatic ring is 1. The minimum absolute atomic E-state index is 0. The third-order valence-corrected chi connectivity index (χ3v) is 6.49. The maximum absolute atomic E-state index is 11.6. The summed E-state index contributed by atoms with van der Waals surface area (Å²) in [6.07, 6.45) is -2.83. The number of rotatable bonds is 13. The Hall–Kier alpha value is -3.55. The molecule has 1 aliphatic rings. The molecule has 256 valence electrons. The zero-order valence-electron chi connectivity index (χ0n) is 23.0. The number of thiol groups is 1. The van der Waals surface area contributed by atoms with Crippen LogP contribution in [0.5, 0.6) is 0 Å². The number of carboxylic acids is 2. The molecule has 0 spiro atoms. The van der Waals surface area contributed by atoms with E-state index in [2.05, 4.69) is 42.7 Å². The number of phosphoric ester groups is 1. The van der Waals surface area contributed by atoms with Crippen LogP contribution in [-0.2, 0) is 33.0 Å². The zero-order chi connectivity index (χ0) is 32.5. The van der Waals surface area contributed by atoms with Gasteiger partial charge in [-0.2, -0.15) is 12.6 Å². The Morgan fingerprint density at radius 1 is 1.09 bits per heavy atom. The first kappa shape index (κ1) is 41.4. The number of phosphoric acid groups is 1. The van der Waals surface area contributed by atoms with Crippen LogP contribution >= 0.6 is 20.5 Å². The van der Waals surface area contributed by atoms with Crippen molar-refractivity contribution in [2.75, 3.05) is 24.6 Å². The summed E-state index contributed by atoms with van der Waals surface area (Å²) >= 11 is 3.87. The molecule has 0 bridgehead atoms. The lowest BCUT2D eigenvalue weighted by Crippen LogP contribution is -2.53. The quantitative estimate of drug-likeness (QED) is 0.0688. The smallest absolute Gasteiger partial charge is 0.469 e. The zero-order valence-corrected chi connectivity index (χ0v) is 24.8. The van der Waals surface area contributed by atoms with Crippen LogP contribution in [0.2, 0.25) is 0 Å². The van der Waals surface area contributed by atoms with Crippen molar-refractivity contribution in [1.82, 2.24) is 30.2 Å². The van der Waals surface area contributed by atoms with E-state index in [4.69, 9.17) is 36.2 Å². The van der Waals surface area contributed by atoms with E-state index < -0.39 is 81.4 Å². The summed E-state index contributed by atoms with van der Waals surface area (Å²) in [4.78, 5) is 73.0. The van der Waals surface area contributed by atoms with E-state index in [1.165, 1.54) is 17.2 Å². The number of fused-ring (bicyclic) bond motifs is 1. The third kappa shape index (κ3) is 12.4. The minimum Gasteiger partial charge on any atom is -0.481 e. The van der Waals surface area contributed by atoms with Gasteiger partial charge in [-0.15, -0.1) is 0 Å². The SMILES string of the molecule is N[C@@H](CCC(=O)O)C(=O)N[C@@H](CS)C(=O)NCC(=O)O.Nc1ncnc2c1ncn2[C@@H]1O[C@H](COP(=O)(O)O)[C@@H](O)[C@H]1O.O.O. The van der Waals surface area contributed by atoms with Gasteiger partial charge in [-0.05, 0) is 6.42 Å². The summed E-state index contributed by atoms with van der Waals surface area (Å²) < 4.78 is 21.8. The Morgan fingerprint density at radius 3 is 2.29 bits per heavy atom. The molecule has 2 amide bonds. The number of nitrogens with zero attached hydrogens (tertiary/aromatic N) is 4. The second-order valence-electron chi connectivity index (χ2n) is 8.81. The van der Waals surface area contributed by atoms with Crippen molar-refractivity contribution in [2.24, 2.45) is 5.73 Å². The molecule has 3 heterocycles. The molecule has 0 aliphatic carbocycles. The number of ether oxygens (including phenoxy) is 1. The van der Waals surface area contributed by atoms with E-state index in [1.807, 2.05) is 0 Å². The van der Waals surface area contributed by atoms with Gasteiger partial charge in [0.2, 0.25) is 11.8 Å². The van der Waals surface area contributed by atoms with Crippen molar-refractivity contribution in [1.29, 1.82) is 0 Å². The molecule has 25 heteroatoms. The Bertz CT molecular complexity index is 1350. The van der Waals surface area contributed by atoms with Crippen molar-refractivity contribution in [2.45, 2.75) is 49.5 Å². The number of hydrogen-bond donors (Lipinski definition) is 11. The number of hydrogen-bond acceptors (Lipinski definition) is 15. The predicted molar refractivity (Wildman–Crippen MR) is 152 cm³/mol. The summed E-state index contributed by atoms with van der Waals surface area (Å²) in [5.41, 5.74) is 11.7. The molecule has 2 aromatic rings. The fourth-order valence-electron chi connectivity index (χ4n) is 3.49. The normalized spacial score (nSPS) is 20.4. The second-order valence-corrected chi connectivity index (χ2v) is 10.4. The summed E-state index contributed by atoms with van der Waals surface area (Å²) in [7, 11) is -4.72.